The fourth-order valence-corrected chi connectivity index (χ4v) is 1.65. The molecule has 0 radical (unpaired) electrons. The third-order valence-electron chi connectivity index (χ3n) is 2.34. The minimum Gasteiger partial charge on any atom is -0.312 e. The monoisotopic (exact) mass is 179 g/mol. The van der Waals surface area contributed by atoms with Crippen molar-refractivity contribution < 1.29 is 0 Å². The second kappa shape index (κ2) is 3.70. The molecule has 1 saturated heterocycles. The fourth-order valence-electron chi connectivity index (χ4n) is 1.65. The van der Waals surface area contributed by atoms with Gasteiger partial charge < -0.3 is 5.32 Å². The van der Waals surface area contributed by atoms with Gasteiger partial charge in [0.1, 0.15) is 0 Å². The van der Waals surface area contributed by atoms with Crippen LogP contribution in [0.1, 0.15) is 12.8 Å². The molecule has 1 aromatic heterocycles. The van der Waals surface area contributed by atoms with Gasteiger partial charge in [0.2, 0.25) is 0 Å². The van der Waals surface area contributed by atoms with Gasteiger partial charge in [0.05, 0.1) is 6.54 Å². The van der Waals surface area contributed by atoms with E-state index in [-0.39, 0.29) is 5.56 Å². The minimum atomic E-state index is -0.0174. The molecule has 1 N–H and O–H groups in total. The van der Waals surface area contributed by atoms with E-state index in [4.69, 9.17) is 0 Å². The summed E-state index contributed by atoms with van der Waals surface area (Å²) in [7, 11) is 0. The summed E-state index contributed by atoms with van der Waals surface area (Å²) in [6.07, 6.45) is 3.99. The van der Waals surface area contributed by atoms with Crippen molar-refractivity contribution in [3.8, 4) is 0 Å². The zero-order valence-corrected chi connectivity index (χ0v) is 7.44. The van der Waals surface area contributed by atoms with Crippen molar-refractivity contribution in [2.75, 3.05) is 6.54 Å². The lowest BCUT2D eigenvalue weighted by Gasteiger charge is -2.10. The summed E-state index contributed by atoms with van der Waals surface area (Å²) in [4.78, 5) is 11.3. The van der Waals surface area contributed by atoms with Crippen LogP contribution in [0.25, 0.3) is 0 Å². The molecule has 1 aliphatic heterocycles. The second-order valence-electron chi connectivity index (χ2n) is 3.34. The highest BCUT2D eigenvalue weighted by atomic mass is 16.1. The molecule has 0 spiro atoms. The molecule has 0 unspecified atom stereocenters. The molecular formula is C9H13N3O. The van der Waals surface area contributed by atoms with Gasteiger partial charge in [0.15, 0.2) is 0 Å². The first-order valence-electron chi connectivity index (χ1n) is 4.62. The average molecular weight is 179 g/mol. The van der Waals surface area contributed by atoms with Crippen LogP contribution < -0.4 is 10.9 Å². The zero-order chi connectivity index (χ0) is 9.10. The molecule has 4 nitrogen and oxygen atoms in total. The maximum Gasteiger partial charge on any atom is 0.266 e. The lowest BCUT2D eigenvalue weighted by molar-refractivity contribution is 0.459. The lowest BCUT2D eigenvalue weighted by Crippen LogP contribution is -2.33. The van der Waals surface area contributed by atoms with E-state index in [9.17, 15) is 4.79 Å². The Bertz CT molecular complexity index is 328. The second-order valence-corrected chi connectivity index (χ2v) is 3.34. The summed E-state index contributed by atoms with van der Waals surface area (Å²) >= 11 is 0. The molecule has 1 atom stereocenters. The first kappa shape index (κ1) is 8.44. The predicted molar refractivity (Wildman–Crippen MR) is 49.5 cm³/mol. The molecule has 1 fully saturated rings. The Morgan fingerprint density at radius 2 is 2.62 bits per heavy atom. The lowest BCUT2D eigenvalue weighted by atomic mass is 10.2. The van der Waals surface area contributed by atoms with Crippen LogP contribution in [0.3, 0.4) is 0 Å². The van der Waals surface area contributed by atoms with E-state index >= 15 is 0 Å². The zero-order valence-electron chi connectivity index (χ0n) is 7.44. The van der Waals surface area contributed by atoms with Crippen molar-refractivity contribution >= 4 is 0 Å². The molecule has 1 aliphatic rings. The van der Waals surface area contributed by atoms with Gasteiger partial charge in [-0.05, 0) is 25.5 Å². The van der Waals surface area contributed by atoms with Gasteiger partial charge in [0.25, 0.3) is 5.56 Å². The Balaban J connectivity index is 2.08. The molecule has 0 aliphatic carbocycles. The molecule has 0 saturated carbocycles. The molecule has 0 aromatic carbocycles. The largest absolute Gasteiger partial charge is 0.312 e. The highest BCUT2D eigenvalue weighted by Gasteiger charge is 2.14. The van der Waals surface area contributed by atoms with Crippen molar-refractivity contribution in [1.82, 2.24) is 15.1 Å². The number of nitrogens with zero attached hydrogens (tertiary/aromatic N) is 2. The number of aromatic nitrogens is 2. The van der Waals surface area contributed by atoms with Crippen molar-refractivity contribution in [1.29, 1.82) is 0 Å². The van der Waals surface area contributed by atoms with Crippen molar-refractivity contribution in [2.24, 2.45) is 0 Å². The van der Waals surface area contributed by atoms with Gasteiger partial charge in [-0.15, -0.1) is 0 Å². The topological polar surface area (TPSA) is 46.9 Å². The van der Waals surface area contributed by atoms with Crippen molar-refractivity contribution in [2.45, 2.75) is 25.4 Å². The minimum absolute atomic E-state index is 0.0174. The van der Waals surface area contributed by atoms with E-state index in [0.29, 0.717) is 12.6 Å². The van der Waals surface area contributed by atoms with E-state index < -0.39 is 0 Å². The van der Waals surface area contributed by atoms with Crippen LogP contribution in [-0.2, 0) is 6.54 Å². The van der Waals surface area contributed by atoms with E-state index in [2.05, 4.69) is 10.4 Å². The Kier molecular flexibility index (Phi) is 2.40. The normalized spacial score (nSPS) is 22.0. The third-order valence-corrected chi connectivity index (χ3v) is 2.34. The van der Waals surface area contributed by atoms with Crippen LogP contribution in [0.2, 0.25) is 0 Å². The third kappa shape index (κ3) is 1.95. The van der Waals surface area contributed by atoms with Crippen LogP contribution >= 0.6 is 0 Å². The smallest absolute Gasteiger partial charge is 0.266 e. The van der Waals surface area contributed by atoms with Crippen LogP contribution in [0.5, 0.6) is 0 Å². The van der Waals surface area contributed by atoms with Crippen molar-refractivity contribution in [3.63, 3.8) is 0 Å². The standard InChI is InChI=1S/C9H13N3O/c13-9-4-2-6-11-12(9)7-8-3-1-5-10-8/h2,4,6,8,10H,1,3,5,7H2/t8-/m0/s1. The maximum atomic E-state index is 11.3. The Morgan fingerprint density at radius 3 is 3.31 bits per heavy atom. The summed E-state index contributed by atoms with van der Waals surface area (Å²) in [5, 5.41) is 7.34. The van der Waals surface area contributed by atoms with Crippen LogP contribution in [0, 0.1) is 0 Å². The van der Waals surface area contributed by atoms with Gasteiger partial charge in [-0.3, -0.25) is 4.79 Å². The molecule has 4 heteroatoms. The van der Waals surface area contributed by atoms with Gasteiger partial charge in [-0.2, -0.15) is 5.10 Å². The number of hydrogen-bond donors (Lipinski definition) is 1. The van der Waals surface area contributed by atoms with Crippen LogP contribution in [-0.4, -0.2) is 22.4 Å². The number of nitrogens with one attached hydrogen (secondary N) is 1. The summed E-state index contributed by atoms with van der Waals surface area (Å²) in [5.74, 6) is 0. The first-order chi connectivity index (χ1) is 6.36. The van der Waals surface area contributed by atoms with Gasteiger partial charge in [0, 0.05) is 18.3 Å². The average Bonchev–Trinajstić information content (AvgIpc) is 2.61. The van der Waals surface area contributed by atoms with Gasteiger partial charge >= 0.3 is 0 Å². The predicted octanol–water partition coefficient (Wildman–Crippen LogP) is -0.00470. The van der Waals surface area contributed by atoms with E-state index in [1.807, 2.05) is 0 Å². The van der Waals surface area contributed by atoms with Gasteiger partial charge in [-0.25, -0.2) is 4.68 Å². The fraction of sp³-hybridized carbons (Fsp3) is 0.556. The van der Waals surface area contributed by atoms with Crippen LogP contribution in [0.4, 0.5) is 0 Å². The van der Waals surface area contributed by atoms with E-state index in [1.54, 1.807) is 18.3 Å². The number of rotatable bonds is 2. The van der Waals surface area contributed by atoms with Crippen molar-refractivity contribution in [3.05, 3.63) is 28.7 Å². The summed E-state index contributed by atoms with van der Waals surface area (Å²) < 4.78 is 1.52. The Labute approximate surface area is 76.6 Å². The summed E-state index contributed by atoms with van der Waals surface area (Å²) in [6.45, 7) is 1.76. The molecule has 0 bridgehead atoms. The van der Waals surface area contributed by atoms with E-state index in [0.717, 1.165) is 13.0 Å². The highest BCUT2D eigenvalue weighted by Crippen LogP contribution is 2.05. The highest BCUT2D eigenvalue weighted by molar-refractivity contribution is 4.86. The quantitative estimate of drug-likeness (QED) is 0.695. The number of hydrogen-bond acceptors (Lipinski definition) is 3. The SMILES string of the molecule is O=c1cccnn1C[C@@H]1CCCN1. The maximum absolute atomic E-state index is 11.3. The first-order valence-corrected chi connectivity index (χ1v) is 4.62. The van der Waals surface area contributed by atoms with Gasteiger partial charge in [-0.1, -0.05) is 0 Å². The Hall–Kier alpha value is -1.16. The summed E-state index contributed by atoms with van der Waals surface area (Å²) in [5.41, 5.74) is -0.0174. The van der Waals surface area contributed by atoms with Crippen LogP contribution in [0.15, 0.2) is 23.1 Å². The van der Waals surface area contributed by atoms with E-state index in [1.165, 1.54) is 11.1 Å². The molecule has 2 heterocycles. The molecule has 1 aromatic rings. The molecule has 0 amide bonds. The molecule has 13 heavy (non-hydrogen) atoms. The Morgan fingerprint density at radius 1 is 1.69 bits per heavy atom. The molecular weight excluding hydrogens is 166 g/mol. The molecule has 2 rings (SSSR count). The summed E-state index contributed by atoms with van der Waals surface area (Å²) in [6, 6.07) is 3.63. The molecule has 70 valence electrons.